The van der Waals surface area contributed by atoms with Crippen molar-refractivity contribution in [3.05, 3.63) is 59.7 Å². The second-order valence-corrected chi connectivity index (χ2v) is 6.89. The van der Waals surface area contributed by atoms with E-state index in [-0.39, 0.29) is 30.3 Å². The number of amides is 3. The first kappa shape index (κ1) is 21.0. The fraction of sp³-hybridized carbons (Fsp3) is 0.286. The number of carbonyl (C=O) groups excluding carboxylic acids is 3. The second-order valence-electron chi connectivity index (χ2n) is 6.89. The summed E-state index contributed by atoms with van der Waals surface area (Å²) in [4.78, 5) is 37.6. The molecule has 2 aromatic carbocycles. The number of hydrogen-bond donors (Lipinski definition) is 3. The summed E-state index contributed by atoms with van der Waals surface area (Å²) in [6.07, 6.45) is 0. The van der Waals surface area contributed by atoms with Gasteiger partial charge < -0.3 is 20.9 Å². The lowest BCUT2D eigenvalue weighted by molar-refractivity contribution is -0.114. The Kier molecular flexibility index (Phi) is 7.14. The predicted octanol–water partition coefficient (Wildman–Crippen LogP) is 2.58. The Hall–Kier alpha value is -3.35. The zero-order chi connectivity index (χ0) is 20.7. The molecule has 0 bridgehead atoms. The molecule has 0 aliphatic heterocycles. The summed E-state index contributed by atoms with van der Waals surface area (Å²) in [5.74, 6) is -0.503. The molecule has 0 heterocycles. The maximum atomic E-state index is 12.2. The van der Waals surface area contributed by atoms with E-state index < -0.39 is 0 Å². The van der Waals surface area contributed by atoms with E-state index in [9.17, 15) is 14.4 Å². The van der Waals surface area contributed by atoms with Crippen LogP contribution in [-0.4, -0.2) is 49.3 Å². The molecule has 3 amide bonds. The van der Waals surface area contributed by atoms with Crippen LogP contribution in [0.4, 0.5) is 11.4 Å². The van der Waals surface area contributed by atoms with Crippen LogP contribution in [0.5, 0.6) is 0 Å². The molecule has 0 atom stereocenters. The van der Waals surface area contributed by atoms with Gasteiger partial charge >= 0.3 is 0 Å². The highest BCUT2D eigenvalue weighted by Gasteiger charge is 2.10. The van der Waals surface area contributed by atoms with Gasteiger partial charge in [-0.1, -0.05) is 6.07 Å². The van der Waals surface area contributed by atoms with Gasteiger partial charge in [-0.25, -0.2) is 0 Å². The maximum absolute atomic E-state index is 12.2. The number of anilines is 2. The van der Waals surface area contributed by atoms with Crippen LogP contribution in [-0.2, 0) is 4.79 Å². The molecule has 148 valence electrons. The number of nitrogens with zero attached hydrogens (tertiary/aromatic N) is 1. The van der Waals surface area contributed by atoms with Gasteiger partial charge in [-0.2, -0.15) is 0 Å². The molecule has 0 spiro atoms. The molecular weight excluding hydrogens is 356 g/mol. The Labute approximate surface area is 165 Å². The van der Waals surface area contributed by atoms with Crippen molar-refractivity contribution in [1.29, 1.82) is 0 Å². The molecule has 7 nitrogen and oxygen atoms in total. The SMILES string of the molecule is CC(C)NC(=O)c1cccc(NC(=O)CNc2ccc(C(=O)N(C)C)cc2)c1. The minimum absolute atomic E-state index is 0.0364. The third kappa shape index (κ3) is 6.12. The minimum atomic E-state index is -0.241. The van der Waals surface area contributed by atoms with Crippen molar-refractivity contribution in [2.24, 2.45) is 0 Å². The minimum Gasteiger partial charge on any atom is -0.376 e. The number of hydrogen-bond acceptors (Lipinski definition) is 4. The largest absolute Gasteiger partial charge is 0.376 e. The van der Waals surface area contributed by atoms with Crippen molar-refractivity contribution >= 4 is 29.1 Å². The molecule has 0 saturated heterocycles. The number of benzene rings is 2. The van der Waals surface area contributed by atoms with Gasteiger partial charge in [-0.05, 0) is 56.3 Å². The third-order valence-electron chi connectivity index (χ3n) is 3.82. The molecule has 2 rings (SSSR count). The summed E-state index contributed by atoms with van der Waals surface area (Å²) >= 11 is 0. The molecule has 28 heavy (non-hydrogen) atoms. The lowest BCUT2D eigenvalue weighted by Gasteiger charge is -2.12. The fourth-order valence-corrected chi connectivity index (χ4v) is 2.46. The molecule has 3 N–H and O–H groups in total. The molecule has 7 heteroatoms. The molecule has 0 aromatic heterocycles. The van der Waals surface area contributed by atoms with Crippen molar-refractivity contribution in [2.45, 2.75) is 19.9 Å². The van der Waals surface area contributed by atoms with Crippen LogP contribution in [0.15, 0.2) is 48.5 Å². The van der Waals surface area contributed by atoms with E-state index in [1.54, 1.807) is 62.6 Å². The normalized spacial score (nSPS) is 10.3. The van der Waals surface area contributed by atoms with E-state index >= 15 is 0 Å². The molecule has 0 fully saturated rings. The van der Waals surface area contributed by atoms with Crippen molar-refractivity contribution in [1.82, 2.24) is 10.2 Å². The monoisotopic (exact) mass is 382 g/mol. The summed E-state index contributed by atoms with van der Waals surface area (Å²) in [5, 5.41) is 8.58. The van der Waals surface area contributed by atoms with Crippen LogP contribution in [0, 0.1) is 0 Å². The number of rotatable bonds is 7. The van der Waals surface area contributed by atoms with Crippen LogP contribution in [0.3, 0.4) is 0 Å². The lowest BCUT2D eigenvalue weighted by atomic mass is 10.1. The molecule has 0 saturated carbocycles. The Morgan fingerprint density at radius 2 is 1.61 bits per heavy atom. The van der Waals surface area contributed by atoms with Gasteiger partial charge in [0.15, 0.2) is 0 Å². The van der Waals surface area contributed by atoms with Crippen LogP contribution >= 0.6 is 0 Å². The molecule has 0 radical (unpaired) electrons. The summed E-state index contributed by atoms with van der Waals surface area (Å²) < 4.78 is 0. The van der Waals surface area contributed by atoms with Gasteiger partial charge in [0.1, 0.15) is 0 Å². The zero-order valence-electron chi connectivity index (χ0n) is 16.6. The van der Waals surface area contributed by atoms with E-state index in [1.165, 1.54) is 4.90 Å². The van der Waals surface area contributed by atoms with Crippen LogP contribution in [0.2, 0.25) is 0 Å². The first-order chi connectivity index (χ1) is 13.3. The Morgan fingerprint density at radius 1 is 0.929 bits per heavy atom. The highest BCUT2D eigenvalue weighted by atomic mass is 16.2. The summed E-state index contributed by atoms with van der Waals surface area (Å²) in [5.41, 5.74) is 2.35. The van der Waals surface area contributed by atoms with Crippen LogP contribution in [0.25, 0.3) is 0 Å². The quantitative estimate of drug-likeness (QED) is 0.686. The smallest absolute Gasteiger partial charge is 0.253 e. The van der Waals surface area contributed by atoms with Crippen LogP contribution in [0.1, 0.15) is 34.6 Å². The van der Waals surface area contributed by atoms with Gasteiger partial charge in [0.2, 0.25) is 5.91 Å². The molecule has 0 aliphatic rings. The van der Waals surface area contributed by atoms with Crippen LogP contribution < -0.4 is 16.0 Å². The van der Waals surface area contributed by atoms with E-state index in [1.807, 2.05) is 13.8 Å². The first-order valence-electron chi connectivity index (χ1n) is 9.02. The van der Waals surface area contributed by atoms with E-state index in [4.69, 9.17) is 0 Å². The van der Waals surface area contributed by atoms with Crippen molar-refractivity contribution in [2.75, 3.05) is 31.3 Å². The molecule has 0 aliphatic carbocycles. The van der Waals surface area contributed by atoms with E-state index in [2.05, 4.69) is 16.0 Å². The average molecular weight is 382 g/mol. The highest BCUT2D eigenvalue weighted by molar-refractivity contribution is 5.98. The Balaban J connectivity index is 1.90. The van der Waals surface area contributed by atoms with Crippen molar-refractivity contribution < 1.29 is 14.4 Å². The highest BCUT2D eigenvalue weighted by Crippen LogP contribution is 2.12. The average Bonchev–Trinajstić information content (AvgIpc) is 2.66. The van der Waals surface area contributed by atoms with Gasteiger partial charge in [0.25, 0.3) is 11.8 Å². The third-order valence-corrected chi connectivity index (χ3v) is 3.82. The van der Waals surface area contributed by atoms with E-state index in [0.717, 1.165) is 5.69 Å². The molecular formula is C21H26N4O3. The topological polar surface area (TPSA) is 90.5 Å². The standard InChI is InChI=1S/C21H26N4O3/c1-14(2)23-20(27)16-6-5-7-18(12-16)24-19(26)13-22-17-10-8-15(9-11-17)21(28)25(3)4/h5-12,14,22H,13H2,1-4H3,(H,23,27)(H,24,26). The summed E-state index contributed by atoms with van der Waals surface area (Å²) in [7, 11) is 3.39. The first-order valence-corrected chi connectivity index (χ1v) is 9.02. The van der Waals surface area contributed by atoms with E-state index in [0.29, 0.717) is 16.8 Å². The maximum Gasteiger partial charge on any atom is 0.253 e. The van der Waals surface area contributed by atoms with Gasteiger partial charge in [-0.15, -0.1) is 0 Å². The zero-order valence-corrected chi connectivity index (χ0v) is 16.6. The van der Waals surface area contributed by atoms with Gasteiger partial charge in [-0.3, -0.25) is 14.4 Å². The van der Waals surface area contributed by atoms with Gasteiger partial charge in [0, 0.05) is 42.6 Å². The molecule has 2 aromatic rings. The fourth-order valence-electron chi connectivity index (χ4n) is 2.46. The summed E-state index contributed by atoms with van der Waals surface area (Å²) in [6.45, 7) is 3.83. The second kappa shape index (κ2) is 9.55. The lowest BCUT2D eigenvalue weighted by Crippen LogP contribution is -2.30. The Bertz CT molecular complexity index is 845. The predicted molar refractivity (Wildman–Crippen MR) is 111 cm³/mol. The number of nitrogens with one attached hydrogen (secondary N) is 3. The van der Waals surface area contributed by atoms with Crippen molar-refractivity contribution in [3.8, 4) is 0 Å². The van der Waals surface area contributed by atoms with Gasteiger partial charge in [0.05, 0.1) is 6.54 Å². The number of carbonyl (C=O) groups is 3. The molecule has 0 unspecified atom stereocenters. The Morgan fingerprint density at radius 3 is 2.21 bits per heavy atom. The summed E-state index contributed by atoms with van der Waals surface area (Å²) in [6, 6.07) is 13.7. The van der Waals surface area contributed by atoms with Crippen molar-refractivity contribution in [3.63, 3.8) is 0 Å².